The minimum atomic E-state index is -1.71. The normalized spacial score (nSPS) is 48.6. The molecule has 14 heteroatoms. The van der Waals surface area contributed by atoms with Gasteiger partial charge in [-0.3, -0.25) is 4.79 Å². The van der Waals surface area contributed by atoms with Crippen molar-refractivity contribution in [2.75, 3.05) is 27.9 Å². The van der Waals surface area contributed by atoms with Crippen LogP contribution in [0.1, 0.15) is 93.9 Å². The fraction of sp³-hybridized carbons (Fsp3) is 0.776. The first-order chi connectivity index (χ1) is 30.0. The molecule has 0 aromatic heterocycles. The number of allylic oxidation sites excluding steroid dienone is 2. The van der Waals surface area contributed by atoms with E-state index in [4.69, 9.17) is 52.1 Å². The maximum absolute atomic E-state index is 14.5. The number of esters is 1. The summed E-state index contributed by atoms with van der Waals surface area (Å²) in [6.07, 6.45) is 9.95. The first-order valence-corrected chi connectivity index (χ1v) is 23.2. The first-order valence-electron chi connectivity index (χ1n) is 23.2. The third kappa shape index (κ3) is 10.0. The van der Waals surface area contributed by atoms with Gasteiger partial charge in [0.2, 0.25) is 0 Å². The summed E-state index contributed by atoms with van der Waals surface area (Å²) in [6.45, 7) is 16.4. The van der Waals surface area contributed by atoms with Crippen molar-refractivity contribution in [2.24, 2.45) is 23.7 Å². The zero-order valence-corrected chi connectivity index (χ0v) is 39.2. The first kappa shape index (κ1) is 48.6. The number of hydrogen-bond donors (Lipinski definition) is 2. The van der Waals surface area contributed by atoms with Crippen LogP contribution in [-0.2, 0) is 56.9 Å². The van der Waals surface area contributed by atoms with E-state index in [-0.39, 0.29) is 42.7 Å². The van der Waals surface area contributed by atoms with Crippen LogP contribution in [-0.4, -0.2) is 141 Å². The Balaban J connectivity index is 1.19. The van der Waals surface area contributed by atoms with Gasteiger partial charge in [0.25, 0.3) is 0 Å². The number of aliphatic hydroxyl groups is 2. The van der Waals surface area contributed by atoms with E-state index in [1.54, 1.807) is 34.3 Å². The van der Waals surface area contributed by atoms with Crippen molar-refractivity contribution in [3.05, 3.63) is 59.3 Å². The summed E-state index contributed by atoms with van der Waals surface area (Å²) in [5.74, 6) is -2.35. The third-order valence-corrected chi connectivity index (χ3v) is 14.7. The highest BCUT2D eigenvalue weighted by Gasteiger charge is 2.60. The molecule has 14 nitrogen and oxygen atoms in total. The highest BCUT2D eigenvalue weighted by atomic mass is 16.7. The number of carbonyl (C=O) groups excluding carboxylic acids is 1. The standard InChI is InChI=1S/C49H74O14/c1-12-26(2)43-29(5)18-19-48(63-43)24-35-21-34(62-48)17-16-28(4)42(60-40-23-38(54-10)45(32(8)58-40)61-39-22-37(53-9)41(50)31(7)57-39)27(3)14-13-15-33-25-56-46-44(55-11)30(6)20-36(47(51)59-35)49(33,46)52/h13-16,18-20,26-27,29,31-32,34-46,50,52H,12,17,21-25H2,1-11H3/b14-13+,28-16+,33-15+/t26-,27-,29-,31-,32-,34+,35-,36-,37-,38-,39-,40-,41-,42-,43-,44+,45-,46+,48+,49+/m0/s1. The molecule has 354 valence electrons. The van der Waals surface area contributed by atoms with Crippen molar-refractivity contribution < 1.29 is 67.1 Å². The highest BCUT2D eigenvalue weighted by Crippen LogP contribution is 2.48. The van der Waals surface area contributed by atoms with Gasteiger partial charge in [-0.25, -0.2) is 0 Å². The molecule has 6 heterocycles. The molecule has 2 bridgehead atoms. The largest absolute Gasteiger partial charge is 0.462 e. The molecule has 1 aliphatic carbocycles. The molecule has 2 N–H and O–H groups in total. The van der Waals surface area contributed by atoms with Crippen molar-refractivity contribution in [1.82, 2.24) is 0 Å². The molecular weight excluding hydrogens is 813 g/mol. The summed E-state index contributed by atoms with van der Waals surface area (Å²) in [5, 5.41) is 23.2. The minimum absolute atomic E-state index is 0.0805. The van der Waals surface area contributed by atoms with Crippen molar-refractivity contribution >= 4 is 5.97 Å². The average Bonchev–Trinajstić information content (AvgIpc) is 3.59. The van der Waals surface area contributed by atoms with Crippen LogP contribution in [0, 0.1) is 23.7 Å². The van der Waals surface area contributed by atoms with E-state index in [1.807, 2.05) is 38.2 Å². The Labute approximate surface area is 374 Å². The zero-order valence-electron chi connectivity index (χ0n) is 39.2. The second kappa shape index (κ2) is 20.3. The summed E-state index contributed by atoms with van der Waals surface area (Å²) < 4.78 is 70.0. The predicted molar refractivity (Wildman–Crippen MR) is 232 cm³/mol. The molecule has 4 fully saturated rings. The summed E-state index contributed by atoms with van der Waals surface area (Å²) in [7, 11) is 4.82. The lowest BCUT2D eigenvalue weighted by molar-refractivity contribution is -0.318. The van der Waals surface area contributed by atoms with Gasteiger partial charge in [-0.1, -0.05) is 70.6 Å². The van der Waals surface area contributed by atoms with Gasteiger partial charge >= 0.3 is 5.97 Å². The Morgan fingerprint density at radius 3 is 2.29 bits per heavy atom. The van der Waals surface area contributed by atoms with Gasteiger partial charge in [-0.15, -0.1) is 0 Å². The van der Waals surface area contributed by atoms with E-state index in [1.165, 1.54) is 0 Å². The molecule has 1 spiro atoms. The average molecular weight is 887 g/mol. The Morgan fingerprint density at radius 1 is 0.857 bits per heavy atom. The second-order valence-corrected chi connectivity index (χ2v) is 19.2. The number of methoxy groups -OCH3 is 3. The minimum Gasteiger partial charge on any atom is -0.462 e. The molecule has 7 rings (SSSR count). The molecule has 0 aromatic carbocycles. The van der Waals surface area contributed by atoms with E-state index in [0.717, 1.165) is 17.6 Å². The number of fused-ring (bicyclic) bond motifs is 2. The Kier molecular flexibility index (Phi) is 15.7. The molecule has 7 aliphatic rings. The van der Waals surface area contributed by atoms with Crippen molar-refractivity contribution in [3.63, 3.8) is 0 Å². The van der Waals surface area contributed by atoms with Crippen LogP contribution in [0.4, 0.5) is 0 Å². The van der Waals surface area contributed by atoms with Gasteiger partial charge in [-0.05, 0) is 62.8 Å². The second-order valence-electron chi connectivity index (χ2n) is 19.2. The topological polar surface area (TPSA) is 159 Å². The summed E-state index contributed by atoms with van der Waals surface area (Å²) in [4.78, 5) is 14.5. The fourth-order valence-electron chi connectivity index (χ4n) is 10.9. The van der Waals surface area contributed by atoms with E-state index in [0.29, 0.717) is 37.7 Å². The lowest BCUT2D eigenvalue weighted by Gasteiger charge is -2.48. The van der Waals surface area contributed by atoms with Gasteiger partial charge < -0.3 is 62.3 Å². The maximum Gasteiger partial charge on any atom is 0.316 e. The summed E-state index contributed by atoms with van der Waals surface area (Å²) in [5.41, 5.74) is 0.626. The molecule has 20 atom stereocenters. The van der Waals surface area contributed by atoms with E-state index >= 15 is 0 Å². The molecule has 0 aromatic rings. The molecule has 0 radical (unpaired) electrons. The highest BCUT2D eigenvalue weighted by molar-refractivity contribution is 5.78. The van der Waals surface area contributed by atoms with E-state index in [2.05, 4.69) is 46.8 Å². The van der Waals surface area contributed by atoms with Gasteiger partial charge in [0, 0.05) is 58.8 Å². The quantitative estimate of drug-likeness (QED) is 0.204. The maximum atomic E-state index is 14.5. The van der Waals surface area contributed by atoms with Gasteiger partial charge in [0.15, 0.2) is 18.4 Å². The molecule has 0 saturated carbocycles. The van der Waals surface area contributed by atoms with Gasteiger partial charge in [-0.2, -0.15) is 0 Å². The van der Waals surface area contributed by atoms with Gasteiger partial charge in [0.1, 0.15) is 42.0 Å². The van der Waals surface area contributed by atoms with Crippen molar-refractivity contribution in [1.29, 1.82) is 0 Å². The fourth-order valence-corrected chi connectivity index (χ4v) is 10.9. The number of hydrogen-bond acceptors (Lipinski definition) is 14. The van der Waals surface area contributed by atoms with E-state index < -0.39 is 90.8 Å². The van der Waals surface area contributed by atoms with Crippen LogP contribution < -0.4 is 0 Å². The third-order valence-electron chi connectivity index (χ3n) is 14.7. The summed E-state index contributed by atoms with van der Waals surface area (Å²) >= 11 is 0. The lowest BCUT2D eigenvalue weighted by atomic mass is 9.70. The molecular formula is C49H74O14. The predicted octanol–water partition coefficient (Wildman–Crippen LogP) is 6.03. The number of ether oxygens (including phenoxy) is 11. The molecule has 4 saturated heterocycles. The van der Waals surface area contributed by atoms with Crippen LogP contribution in [0.15, 0.2) is 59.3 Å². The molecule has 0 unspecified atom stereocenters. The lowest BCUT2D eigenvalue weighted by Crippen LogP contribution is -2.58. The monoisotopic (exact) mass is 887 g/mol. The van der Waals surface area contributed by atoms with Crippen LogP contribution >= 0.6 is 0 Å². The number of aliphatic hydroxyl groups excluding tert-OH is 1. The molecule has 0 amide bonds. The SMILES string of the molecule is CC[C@H](C)[C@@H]1O[C@]2(C=C[C@@H]1C)C[C@@H]1C[C@@H](C/C=C(\C)[C@@H](O[C@H]3C[C@H](OC)[C@@H](O[C@H]4C[C@H](OC)[C@@H](O)[C@H](C)O4)[C@H](C)O3)[C@@H](C)/C=C/C=C3\CO[C@@H]4[C@H](OC)C(C)=C[C@@H](C(=O)O1)[C@]34O)O2. The molecule has 6 aliphatic heterocycles. The van der Waals surface area contributed by atoms with Crippen LogP contribution in [0.25, 0.3) is 0 Å². The van der Waals surface area contributed by atoms with E-state index in [9.17, 15) is 15.0 Å². The number of carbonyl (C=O) groups is 1. The van der Waals surface area contributed by atoms with Crippen LogP contribution in [0.2, 0.25) is 0 Å². The Bertz CT molecular complexity index is 1740. The Hall–Kier alpha value is -2.31. The molecule has 63 heavy (non-hydrogen) atoms. The Morgan fingerprint density at radius 2 is 1.57 bits per heavy atom. The van der Waals surface area contributed by atoms with Crippen LogP contribution in [0.3, 0.4) is 0 Å². The van der Waals surface area contributed by atoms with Crippen molar-refractivity contribution in [2.45, 2.75) is 191 Å². The van der Waals surface area contributed by atoms with Crippen molar-refractivity contribution in [3.8, 4) is 0 Å². The van der Waals surface area contributed by atoms with Gasteiger partial charge in [0.05, 0.1) is 49.3 Å². The van der Waals surface area contributed by atoms with Crippen LogP contribution in [0.5, 0.6) is 0 Å². The summed E-state index contributed by atoms with van der Waals surface area (Å²) in [6, 6.07) is 0. The number of rotatable bonds is 9. The zero-order chi connectivity index (χ0) is 45.4. The smallest absolute Gasteiger partial charge is 0.316 e.